The first-order valence-corrected chi connectivity index (χ1v) is 8.47. The fourth-order valence-corrected chi connectivity index (χ4v) is 2.51. The van der Waals surface area contributed by atoms with Crippen LogP contribution in [-0.4, -0.2) is 42.1 Å². The van der Waals surface area contributed by atoms with Crippen molar-refractivity contribution in [2.75, 3.05) is 20.3 Å². The summed E-state index contributed by atoms with van der Waals surface area (Å²) in [4.78, 5) is 25.0. The van der Waals surface area contributed by atoms with Crippen molar-refractivity contribution in [3.8, 4) is 11.5 Å². The lowest BCUT2D eigenvalue weighted by Crippen LogP contribution is -2.29. The smallest absolute Gasteiger partial charge is 0.341 e. The minimum absolute atomic E-state index is 0.252. The Kier molecular flexibility index (Phi) is 6.76. The van der Waals surface area contributed by atoms with Crippen LogP contribution in [-0.2, 0) is 4.79 Å². The first-order chi connectivity index (χ1) is 12.8. The molecule has 1 amide bonds. The van der Waals surface area contributed by atoms with E-state index in [1.807, 2.05) is 6.92 Å². The van der Waals surface area contributed by atoms with E-state index in [9.17, 15) is 14.0 Å². The first-order valence-electron chi connectivity index (χ1n) is 8.47. The van der Waals surface area contributed by atoms with Gasteiger partial charge in [-0.05, 0) is 49.7 Å². The van der Waals surface area contributed by atoms with Crippen molar-refractivity contribution in [3.05, 3.63) is 59.4 Å². The molecular formula is C20H22FNO5. The van der Waals surface area contributed by atoms with Crippen LogP contribution < -0.4 is 9.47 Å². The number of rotatable bonds is 8. The molecule has 0 spiro atoms. The van der Waals surface area contributed by atoms with E-state index in [-0.39, 0.29) is 23.5 Å². The van der Waals surface area contributed by atoms with Gasteiger partial charge in [-0.15, -0.1) is 0 Å². The molecule has 0 aromatic heterocycles. The molecule has 27 heavy (non-hydrogen) atoms. The minimum Gasteiger partial charge on any atom is -0.490 e. The Labute approximate surface area is 157 Å². The molecule has 144 valence electrons. The molecule has 2 aromatic carbocycles. The maximum absolute atomic E-state index is 13.1. The van der Waals surface area contributed by atoms with Crippen molar-refractivity contribution >= 4 is 11.9 Å². The number of amides is 1. The summed E-state index contributed by atoms with van der Waals surface area (Å²) in [5.74, 6) is -1.14. The summed E-state index contributed by atoms with van der Waals surface area (Å²) in [6.45, 7) is 3.45. The Morgan fingerprint density at radius 1 is 1.11 bits per heavy atom. The second kappa shape index (κ2) is 9.02. The van der Waals surface area contributed by atoms with Crippen LogP contribution in [0.5, 0.6) is 11.5 Å². The monoisotopic (exact) mass is 375 g/mol. The van der Waals surface area contributed by atoms with Gasteiger partial charge in [-0.2, -0.15) is 0 Å². The van der Waals surface area contributed by atoms with Crippen molar-refractivity contribution in [1.82, 2.24) is 4.90 Å². The van der Waals surface area contributed by atoms with Gasteiger partial charge in [-0.1, -0.05) is 12.1 Å². The fraction of sp³-hybridized carbons (Fsp3) is 0.300. The largest absolute Gasteiger partial charge is 0.490 e. The summed E-state index contributed by atoms with van der Waals surface area (Å²) < 4.78 is 23.8. The third-order valence-electron chi connectivity index (χ3n) is 4.10. The quantitative estimate of drug-likeness (QED) is 0.764. The number of carbonyl (C=O) groups excluding carboxylic acids is 1. The summed E-state index contributed by atoms with van der Waals surface area (Å²) in [5, 5.41) is 8.75. The maximum Gasteiger partial charge on any atom is 0.341 e. The van der Waals surface area contributed by atoms with Crippen LogP contribution >= 0.6 is 0 Å². The lowest BCUT2D eigenvalue weighted by molar-refractivity contribution is -0.139. The Morgan fingerprint density at radius 3 is 2.37 bits per heavy atom. The van der Waals surface area contributed by atoms with E-state index in [1.54, 1.807) is 32.2 Å². The SMILES string of the molecule is CCOc1cc(C(=O)N(C)C(C)c2ccc(F)cc2)ccc1OCC(=O)O. The van der Waals surface area contributed by atoms with Crippen LogP contribution in [0.1, 0.15) is 35.8 Å². The topological polar surface area (TPSA) is 76.1 Å². The van der Waals surface area contributed by atoms with Crippen LogP contribution in [0.25, 0.3) is 0 Å². The molecule has 0 heterocycles. The highest BCUT2D eigenvalue weighted by molar-refractivity contribution is 5.95. The van der Waals surface area contributed by atoms with Gasteiger partial charge >= 0.3 is 5.97 Å². The molecule has 2 rings (SSSR count). The highest BCUT2D eigenvalue weighted by atomic mass is 19.1. The van der Waals surface area contributed by atoms with Crippen molar-refractivity contribution in [3.63, 3.8) is 0 Å². The van der Waals surface area contributed by atoms with Crippen molar-refractivity contribution < 1.29 is 28.6 Å². The molecule has 0 saturated heterocycles. The molecule has 1 atom stereocenters. The molecule has 0 fully saturated rings. The lowest BCUT2D eigenvalue weighted by Gasteiger charge is -2.26. The van der Waals surface area contributed by atoms with Gasteiger partial charge in [0.15, 0.2) is 18.1 Å². The molecule has 0 saturated carbocycles. The van der Waals surface area contributed by atoms with E-state index in [2.05, 4.69) is 0 Å². The third kappa shape index (κ3) is 5.20. The van der Waals surface area contributed by atoms with Gasteiger partial charge in [-0.25, -0.2) is 9.18 Å². The fourth-order valence-electron chi connectivity index (χ4n) is 2.51. The zero-order valence-electron chi connectivity index (χ0n) is 15.4. The Balaban J connectivity index is 2.22. The summed E-state index contributed by atoms with van der Waals surface area (Å²) in [6, 6.07) is 10.3. The highest BCUT2D eigenvalue weighted by Crippen LogP contribution is 2.30. The molecular weight excluding hydrogens is 353 g/mol. The standard InChI is InChI=1S/C20H22FNO5/c1-4-26-18-11-15(7-10-17(18)27-12-19(23)24)20(25)22(3)13(2)14-5-8-16(21)9-6-14/h5-11,13H,4,12H2,1-3H3,(H,23,24). The van der Waals surface area contributed by atoms with Crippen LogP contribution in [0.15, 0.2) is 42.5 Å². The molecule has 0 aliphatic carbocycles. The van der Waals surface area contributed by atoms with Gasteiger partial charge in [0.25, 0.3) is 5.91 Å². The van der Waals surface area contributed by atoms with E-state index < -0.39 is 12.6 Å². The first kappa shape index (κ1) is 20.2. The number of hydrogen-bond acceptors (Lipinski definition) is 4. The van der Waals surface area contributed by atoms with E-state index in [1.165, 1.54) is 29.2 Å². The maximum atomic E-state index is 13.1. The Hall–Kier alpha value is -3.09. The molecule has 6 nitrogen and oxygen atoms in total. The van der Waals surface area contributed by atoms with Gasteiger partial charge in [-0.3, -0.25) is 4.79 Å². The van der Waals surface area contributed by atoms with Gasteiger partial charge in [0, 0.05) is 12.6 Å². The zero-order valence-corrected chi connectivity index (χ0v) is 15.4. The number of carboxylic acids is 1. The number of carbonyl (C=O) groups is 2. The average molecular weight is 375 g/mol. The lowest BCUT2D eigenvalue weighted by atomic mass is 10.1. The normalized spacial score (nSPS) is 11.6. The molecule has 0 aliphatic heterocycles. The predicted octanol–water partition coefficient (Wildman–Crippen LogP) is 3.52. The van der Waals surface area contributed by atoms with Gasteiger partial charge < -0.3 is 19.5 Å². The molecule has 2 aromatic rings. The van der Waals surface area contributed by atoms with Crippen LogP contribution in [0, 0.1) is 5.82 Å². The van der Waals surface area contributed by atoms with E-state index in [0.717, 1.165) is 5.56 Å². The number of carboxylic acid groups (broad SMARTS) is 1. The Morgan fingerprint density at radius 2 is 1.78 bits per heavy atom. The number of hydrogen-bond donors (Lipinski definition) is 1. The van der Waals surface area contributed by atoms with Crippen LogP contribution in [0.2, 0.25) is 0 Å². The van der Waals surface area contributed by atoms with Crippen LogP contribution in [0.4, 0.5) is 4.39 Å². The number of nitrogens with zero attached hydrogens (tertiary/aromatic N) is 1. The molecule has 0 aliphatic rings. The molecule has 7 heteroatoms. The van der Waals surface area contributed by atoms with Gasteiger partial charge in [0.05, 0.1) is 12.6 Å². The van der Waals surface area contributed by atoms with Crippen molar-refractivity contribution in [1.29, 1.82) is 0 Å². The summed E-state index contributed by atoms with van der Waals surface area (Å²) >= 11 is 0. The number of benzene rings is 2. The summed E-state index contributed by atoms with van der Waals surface area (Å²) in [6.07, 6.45) is 0. The summed E-state index contributed by atoms with van der Waals surface area (Å²) in [5.41, 5.74) is 1.18. The van der Waals surface area contributed by atoms with E-state index in [4.69, 9.17) is 14.6 Å². The highest BCUT2D eigenvalue weighted by Gasteiger charge is 2.21. The van der Waals surface area contributed by atoms with E-state index in [0.29, 0.717) is 17.9 Å². The molecule has 0 radical (unpaired) electrons. The number of halogens is 1. The zero-order chi connectivity index (χ0) is 20.0. The Bertz CT molecular complexity index is 807. The van der Waals surface area contributed by atoms with Gasteiger partial charge in [0.1, 0.15) is 5.82 Å². The molecule has 1 unspecified atom stereocenters. The average Bonchev–Trinajstić information content (AvgIpc) is 2.66. The van der Waals surface area contributed by atoms with Crippen LogP contribution in [0.3, 0.4) is 0 Å². The number of aliphatic carboxylic acids is 1. The predicted molar refractivity (Wildman–Crippen MR) is 97.7 cm³/mol. The summed E-state index contributed by atoms with van der Waals surface area (Å²) in [7, 11) is 1.66. The number of ether oxygens (including phenoxy) is 2. The van der Waals surface area contributed by atoms with E-state index >= 15 is 0 Å². The molecule has 0 bridgehead atoms. The molecule has 1 N–H and O–H groups in total. The van der Waals surface area contributed by atoms with Crippen molar-refractivity contribution in [2.45, 2.75) is 19.9 Å². The second-order valence-corrected chi connectivity index (χ2v) is 5.92. The van der Waals surface area contributed by atoms with Crippen molar-refractivity contribution in [2.24, 2.45) is 0 Å². The van der Waals surface area contributed by atoms with Gasteiger partial charge in [0.2, 0.25) is 0 Å². The second-order valence-electron chi connectivity index (χ2n) is 5.92. The third-order valence-corrected chi connectivity index (χ3v) is 4.10. The minimum atomic E-state index is -1.11.